The number of hydrogen-bond donors (Lipinski definition) is 2. The third-order valence-electron chi connectivity index (χ3n) is 1.42. The van der Waals surface area contributed by atoms with Gasteiger partial charge in [0, 0.05) is 17.1 Å². The van der Waals surface area contributed by atoms with Crippen molar-refractivity contribution in [3.63, 3.8) is 0 Å². The van der Waals surface area contributed by atoms with Crippen LogP contribution in [0.15, 0.2) is 20.4 Å². The molecule has 0 bridgehead atoms. The van der Waals surface area contributed by atoms with Gasteiger partial charge in [-0.2, -0.15) is 0 Å². The minimum Gasteiger partial charge on any atom is 0 e. The maximum absolute atomic E-state index is 10.2. The first-order chi connectivity index (χ1) is 7.61. The quantitative estimate of drug-likeness (QED) is 0.372. The predicted octanol–water partition coefficient (Wildman–Crippen LogP) is -0.582. The van der Waals surface area contributed by atoms with Gasteiger partial charge in [-0.3, -0.25) is 0 Å². The molecule has 2 unspecified atom stereocenters. The number of carbonyl (C=O) groups is 2. The van der Waals surface area contributed by atoms with Gasteiger partial charge >= 0.3 is 128 Å². The van der Waals surface area contributed by atoms with E-state index < -0.39 is 11.9 Å². The van der Waals surface area contributed by atoms with Gasteiger partial charge in [-0.25, -0.2) is 0 Å². The Balaban J connectivity index is 0.000000284. The van der Waals surface area contributed by atoms with Crippen LogP contribution in [0.25, 0.3) is 0 Å². The Bertz CT molecular complexity index is 301. The normalized spacial score (nSPS) is 24.7. The Morgan fingerprint density at radius 2 is 1.24 bits per heavy atom. The second-order valence-corrected chi connectivity index (χ2v) is 23.9. The summed E-state index contributed by atoms with van der Waals surface area (Å²) < 4.78 is 4.18. The second-order valence-electron chi connectivity index (χ2n) is 2.56. The predicted molar refractivity (Wildman–Crippen MR) is 64.1 cm³/mol. The van der Waals surface area contributed by atoms with Crippen LogP contribution in [0, 0.1) is 0 Å². The molecule has 0 spiro atoms. The van der Waals surface area contributed by atoms with Crippen LogP contribution in [0.2, 0.25) is 7.93 Å². The molecule has 2 aliphatic heterocycles. The molecule has 17 heavy (non-hydrogen) atoms. The first-order valence-corrected chi connectivity index (χ1v) is 24.1. The number of carboxylic acid groups (broad SMARTS) is 2. The van der Waals surface area contributed by atoms with Crippen LogP contribution in [0.1, 0.15) is 0 Å². The fraction of sp³-hybridized carbons (Fsp3) is 0.250. The van der Waals surface area contributed by atoms with Crippen molar-refractivity contribution in [2.45, 2.75) is 7.93 Å². The molecule has 0 saturated heterocycles. The van der Waals surface area contributed by atoms with Crippen LogP contribution in [0.4, 0.5) is 0 Å². The molecule has 2 N–H and O–H groups in total. The molecule has 0 amide bonds. The van der Waals surface area contributed by atoms with E-state index in [0.717, 1.165) is 0 Å². The zero-order valence-electron chi connectivity index (χ0n) is 8.11. The van der Waals surface area contributed by atoms with Crippen molar-refractivity contribution < 1.29 is 36.9 Å². The average molecular weight is 742 g/mol. The summed E-state index contributed by atoms with van der Waals surface area (Å²) in [6, 6.07) is 0. The van der Waals surface area contributed by atoms with E-state index in [2.05, 4.69) is 8.25 Å². The molecule has 1 radical (unpaired) electrons. The summed E-state index contributed by atoms with van der Waals surface area (Å²) in [4.78, 5) is 20.4. The molecule has 0 saturated carbocycles. The molecule has 0 aliphatic carbocycles. The monoisotopic (exact) mass is 751 g/mol. The molecule has 2 aliphatic rings. The largest absolute Gasteiger partial charge is 0 e. The van der Waals surface area contributed by atoms with Crippen molar-refractivity contribution in [2.24, 2.45) is 0 Å². The molecular formula is C8H8CuO4Te4. The maximum Gasteiger partial charge on any atom is 0 e. The van der Waals surface area contributed by atoms with E-state index in [1.165, 1.54) is 0 Å². The topological polar surface area (TPSA) is 74.6 Å². The Morgan fingerprint density at radius 3 is 1.35 bits per heavy atom. The zero-order valence-corrected chi connectivity index (χ0v) is 18.4. The molecule has 0 aromatic heterocycles. The minimum absolute atomic E-state index is 0. The van der Waals surface area contributed by atoms with Crippen LogP contribution in [0.3, 0.4) is 0 Å². The van der Waals surface area contributed by atoms with Gasteiger partial charge in [-0.05, 0) is 0 Å². The van der Waals surface area contributed by atoms with E-state index in [0.29, 0.717) is 0 Å². The summed E-state index contributed by atoms with van der Waals surface area (Å²) in [6.07, 6.45) is 3.74. The third kappa shape index (κ3) is 8.08. The van der Waals surface area contributed by atoms with Crippen LogP contribution < -0.4 is 0 Å². The molecule has 0 fully saturated rings. The van der Waals surface area contributed by atoms with Gasteiger partial charge in [0.25, 0.3) is 0 Å². The number of carboxylic acids is 2. The molecule has 2 heterocycles. The molecular weight excluding hydrogens is 734 g/mol. The van der Waals surface area contributed by atoms with Crippen LogP contribution in [-0.4, -0.2) is 90.4 Å². The van der Waals surface area contributed by atoms with Crippen molar-refractivity contribution in [1.29, 1.82) is 0 Å². The fourth-order valence-electron chi connectivity index (χ4n) is 0.702. The van der Waals surface area contributed by atoms with Crippen LogP contribution in [-0.2, 0) is 26.7 Å². The van der Waals surface area contributed by atoms with Gasteiger partial charge in [0.05, 0.1) is 0 Å². The van der Waals surface area contributed by atoms with Gasteiger partial charge in [0.2, 0.25) is 0 Å². The summed E-state index contributed by atoms with van der Waals surface area (Å²) in [5.41, 5.74) is 0. The third-order valence-corrected chi connectivity index (χ3v) is 23.3. The van der Waals surface area contributed by atoms with E-state index in [4.69, 9.17) is 10.2 Å². The fourth-order valence-corrected chi connectivity index (χ4v) is 21.3. The summed E-state index contributed by atoms with van der Waals surface area (Å²) in [7, 11) is 0. The number of rotatable bonds is 2. The van der Waals surface area contributed by atoms with E-state index in [-0.39, 0.29) is 93.2 Å². The number of hydrogen-bond acceptors (Lipinski definition) is 2. The summed E-state index contributed by atoms with van der Waals surface area (Å²) >= 11 is -0.0268. The first-order valence-electron chi connectivity index (χ1n) is 4.04. The molecule has 99 valence electrons. The van der Waals surface area contributed by atoms with Crippen LogP contribution in [0.5, 0.6) is 0 Å². The summed E-state index contributed by atoms with van der Waals surface area (Å²) in [5, 5.41) is 16.8. The van der Waals surface area contributed by atoms with E-state index in [1.807, 2.05) is 12.2 Å². The van der Waals surface area contributed by atoms with E-state index >= 15 is 0 Å². The smallest absolute Gasteiger partial charge is 0 e. The summed E-state index contributed by atoms with van der Waals surface area (Å²) in [6.45, 7) is 0. The van der Waals surface area contributed by atoms with Gasteiger partial charge in [-0.15, -0.1) is 0 Å². The summed E-state index contributed by atoms with van der Waals surface area (Å²) in [5.74, 6) is -1.21. The molecule has 2 atom stereocenters. The molecule has 0 aromatic carbocycles. The van der Waals surface area contributed by atoms with Crippen molar-refractivity contribution in [1.82, 2.24) is 0 Å². The maximum atomic E-state index is 10.2. The molecule has 4 nitrogen and oxygen atoms in total. The van der Waals surface area contributed by atoms with Crippen molar-refractivity contribution >= 4 is 80.2 Å². The zero-order chi connectivity index (χ0) is 12.0. The Hall–Kier alpha value is 2.10. The average Bonchev–Trinajstić information content (AvgIpc) is 2.93. The Morgan fingerprint density at radius 1 is 0.882 bits per heavy atom. The molecule has 2 rings (SSSR count). The minimum atomic E-state index is -0.605. The van der Waals surface area contributed by atoms with Gasteiger partial charge in [0.1, 0.15) is 0 Å². The standard InChI is InChI=1S/2C4H4O2Te2.Cu/c2*5-4(6)3-1-2-7-8-3;/h2*1-3H,(H,5,6);. The second kappa shape index (κ2) is 10.8. The first kappa shape index (κ1) is 19.1. The Labute approximate surface area is 143 Å². The molecule has 0 aromatic rings. The van der Waals surface area contributed by atoms with E-state index in [1.54, 1.807) is 0 Å². The Kier molecular flexibility index (Phi) is 12.2. The van der Waals surface area contributed by atoms with Crippen molar-refractivity contribution in [3.05, 3.63) is 20.4 Å². The number of aliphatic carboxylic acids is 2. The molecule has 9 heteroatoms. The van der Waals surface area contributed by atoms with Crippen LogP contribution >= 0.6 is 0 Å². The van der Waals surface area contributed by atoms with E-state index in [9.17, 15) is 9.59 Å². The van der Waals surface area contributed by atoms with Gasteiger partial charge < -0.3 is 0 Å². The SMILES string of the molecule is O=C(O)C1C=C[Te][Te]1.O=C(O)C1C=C[Te][Te]1.[Cu]. The van der Waals surface area contributed by atoms with Crippen molar-refractivity contribution in [2.75, 3.05) is 0 Å². The van der Waals surface area contributed by atoms with Crippen molar-refractivity contribution in [3.8, 4) is 0 Å². The van der Waals surface area contributed by atoms with Gasteiger partial charge in [0.15, 0.2) is 0 Å². The van der Waals surface area contributed by atoms with Gasteiger partial charge in [-0.1, -0.05) is 0 Å².